The van der Waals surface area contributed by atoms with Crippen LogP contribution in [0.25, 0.3) is 10.9 Å². The zero-order valence-electron chi connectivity index (χ0n) is 11.8. The van der Waals surface area contributed by atoms with Gasteiger partial charge in [0.15, 0.2) is 0 Å². The van der Waals surface area contributed by atoms with Gasteiger partial charge < -0.3 is 4.98 Å². The van der Waals surface area contributed by atoms with E-state index < -0.39 is 0 Å². The lowest BCUT2D eigenvalue weighted by Gasteiger charge is -2.27. The summed E-state index contributed by atoms with van der Waals surface area (Å²) < 4.78 is 13.3. The first-order valence-corrected chi connectivity index (χ1v) is 7.35. The molecule has 3 aromatic rings. The van der Waals surface area contributed by atoms with Crippen LogP contribution in [0.3, 0.4) is 0 Å². The summed E-state index contributed by atoms with van der Waals surface area (Å²) in [6.45, 7) is 2.72. The highest BCUT2D eigenvalue weighted by molar-refractivity contribution is 5.84. The van der Waals surface area contributed by atoms with E-state index in [-0.39, 0.29) is 5.82 Å². The molecule has 4 rings (SSSR count). The van der Waals surface area contributed by atoms with E-state index in [4.69, 9.17) is 0 Å². The Morgan fingerprint density at radius 3 is 2.90 bits per heavy atom. The molecule has 0 unspecified atom stereocenters. The van der Waals surface area contributed by atoms with Crippen molar-refractivity contribution < 1.29 is 4.39 Å². The second-order valence-corrected chi connectivity index (χ2v) is 5.72. The number of aromatic amines is 1. The molecule has 1 aliphatic rings. The number of nitrogens with one attached hydrogen (secondary N) is 1. The number of halogens is 1. The molecule has 0 aliphatic carbocycles. The third kappa shape index (κ3) is 2.34. The van der Waals surface area contributed by atoms with Crippen LogP contribution in [0, 0.1) is 5.82 Å². The molecular weight excluding hydrogens is 263 g/mol. The average molecular weight is 280 g/mol. The second-order valence-electron chi connectivity index (χ2n) is 5.72. The lowest BCUT2D eigenvalue weighted by Crippen LogP contribution is -2.29. The van der Waals surface area contributed by atoms with Crippen LogP contribution in [0.2, 0.25) is 0 Å². The minimum atomic E-state index is -0.157. The highest BCUT2D eigenvalue weighted by atomic mass is 19.1. The first kappa shape index (κ1) is 12.6. The summed E-state index contributed by atoms with van der Waals surface area (Å²) in [6.07, 6.45) is 1.05. The Bertz CT molecular complexity index is 791. The van der Waals surface area contributed by atoms with E-state index >= 15 is 0 Å². The van der Waals surface area contributed by atoms with Crippen molar-refractivity contribution in [1.29, 1.82) is 0 Å². The van der Waals surface area contributed by atoms with E-state index in [1.807, 2.05) is 6.07 Å². The van der Waals surface area contributed by atoms with Gasteiger partial charge in [0.2, 0.25) is 0 Å². The molecular formula is C18H17FN2. The average Bonchev–Trinajstić information content (AvgIpc) is 2.85. The van der Waals surface area contributed by atoms with Crippen LogP contribution in [0.15, 0.2) is 48.5 Å². The fourth-order valence-corrected chi connectivity index (χ4v) is 3.28. The van der Waals surface area contributed by atoms with Crippen molar-refractivity contribution in [2.45, 2.75) is 19.5 Å². The molecule has 3 heteroatoms. The van der Waals surface area contributed by atoms with Crippen LogP contribution in [0.4, 0.5) is 4.39 Å². The summed E-state index contributed by atoms with van der Waals surface area (Å²) in [6, 6.07) is 15.4. The predicted octanol–water partition coefficient (Wildman–Crippen LogP) is 3.87. The molecule has 2 aromatic carbocycles. The number of H-pyrrole nitrogens is 1. The number of aromatic nitrogens is 1. The number of para-hydroxylation sites is 1. The summed E-state index contributed by atoms with van der Waals surface area (Å²) in [5.41, 5.74) is 5.00. The topological polar surface area (TPSA) is 19.0 Å². The van der Waals surface area contributed by atoms with Crippen LogP contribution in [-0.2, 0) is 19.5 Å². The first-order valence-electron chi connectivity index (χ1n) is 7.35. The third-order valence-electron chi connectivity index (χ3n) is 4.26. The molecule has 21 heavy (non-hydrogen) atoms. The molecule has 0 spiro atoms. The summed E-state index contributed by atoms with van der Waals surface area (Å²) in [4.78, 5) is 5.89. The van der Waals surface area contributed by atoms with E-state index in [1.165, 1.54) is 28.2 Å². The van der Waals surface area contributed by atoms with E-state index in [9.17, 15) is 4.39 Å². The van der Waals surface area contributed by atoms with Crippen LogP contribution < -0.4 is 0 Å². The van der Waals surface area contributed by atoms with Gasteiger partial charge in [-0.1, -0.05) is 30.3 Å². The Balaban J connectivity index is 1.59. The largest absolute Gasteiger partial charge is 0.357 e. The van der Waals surface area contributed by atoms with Crippen LogP contribution in [0.1, 0.15) is 16.8 Å². The van der Waals surface area contributed by atoms with Gasteiger partial charge in [-0.15, -0.1) is 0 Å². The summed E-state index contributed by atoms with van der Waals surface area (Å²) >= 11 is 0. The number of hydrogen-bond acceptors (Lipinski definition) is 1. The summed E-state index contributed by atoms with van der Waals surface area (Å²) in [5, 5.41) is 1.35. The normalized spacial score (nSPS) is 15.3. The molecule has 2 nitrogen and oxygen atoms in total. The van der Waals surface area contributed by atoms with Gasteiger partial charge in [0.05, 0.1) is 0 Å². The Morgan fingerprint density at radius 1 is 1.10 bits per heavy atom. The molecule has 0 saturated carbocycles. The lowest BCUT2D eigenvalue weighted by atomic mass is 10.0. The quantitative estimate of drug-likeness (QED) is 0.755. The smallest absolute Gasteiger partial charge is 0.123 e. The second kappa shape index (κ2) is 5.01. The number of rotatable bonds is 2. The van der Waals surface area contributed by atoms with E-state index in [0.717, 1.165) is 31.6 Å². The lowest BCUT2D eigenvalue weighted by molar-refractivity contribution is 0.243. The fourth-order valence-electron chi connectivity index (χ4n) is 3.28. The molecule has 0 bridgehead atoms. The van der Waals surface area contributed by atoms with Crippen molar-refractivity contribution in [3.05, 3.63) is 71.2 Å². The fraction of sp³-hybridized carbons (Fsp3) is 0.222. The maximum Gasteiger partial charge on any atom is 0.123 e. The van der Waals surface area contributed by atoms with Crippen LogP contribution in [0.5, 0.6) is 0 Å². The molecule has 1 aliphatic heterocycles. The van der Waals surface area contributed by atoms with E-state index in [0.29, 0.717) is 0 Å². The maximum atomic E-state index is 13.3. The molecule has 1 N–H and O–H groups in total. The molecule has 0 fully saturated rings. The minimum absolute atomic E-state index is 0.157. The number of benzene rings is 2. The van der Waals surface area contributed by atoms with Gasteiger partial charge in [0.1, 0.15) is 5.82 Å². The maximum absolute atomic E-state index is 13.3. The van der Waals surface area contributed by atoms with Gasteiger partial charge in [-0.05, 0) is 35.7 Å². The van der Waals surface area contributed by atoms with Crippen LogP contribution in [-0.4, -0.2) is 16.4 Å². The van der Waals surface area contributed by atoms with Gasteiger partial charge in [-0.25, -0.2) is 4.39 Å². The Kier molecular flexibility index (Phi) is 3.00. The Hall–Kier alpha value is -2.13. The van der Waals surface area contributed by atoms with Gasteiger partial charge in [0.25, 0.3) is 0 Å². The van der Waals surface area contributed by atoms with Crippen molar-refractivity contribution in [1.82, 2.24) is 9.88 Å². The first-order chi connectivity index (χ1) is 10.3. The van der Waals surface area contributed by atoms with E-state index in [1.54, 1.807) is 12.1 Å². The van der Waals surface area contributed by atoms with Crippen molar-refractivity contribution >= 4 is 10.9 Å². The number of nitrogens with zero attached hydrogens (tertiary/aromatic N) is 1. The van der Waals surface area contributed by atoms with Gasteiger partial charge in [-0.3, -0.25) is 4.90 Å². The van der Waals surface area contributed by atoms with Crippen molar-refractivity contribution in [3.8, 4) is 0 Å². The highest BCUT2D eigenvalue weighted by Gasteiger charge is 2.20. The summed E-state index contributed by atoms with van der Waals surface area (Å²) in [5.74, 6) is -0.157. The Morgan fingerprint density at radius 2 is 2.00 bits per heavy atom. The van der Waals surface area contributed by atoms with Crippen molar-refractivity contribution in [3.63, 3.8) is 0 Å². The third-order valence-corrected chi connectivity index (χ3v) is 4.26. The summed E-state index contributed by atoms with van der Waals surface area (Å²) in [7, 11) is 0. The van der Waals surface area contributed by atoms with Crippen molar-refractivity contribution in [2.24, 2.45) is 0 Å². The molecule has 1 aromatic heterocycles. The monoisotopic (exact) mass is 280 g/mol. The molecule has 0 atom stereocenters. The van der Waals surface area contributed by atoms with Gasteiger partial charge >= 0.3 is 0 Å². The molecule has 106 valence electrons. The zero-order valence-corrected chi connectivity index (χ0v) is 11.8. The molecule has 2 heterocycles. The van der Waals surface area contributed by atoms with Gasteiger partial charge in [0, 0.05) is 36.2 Å². The van der Waals surface area contributed by atoms with E-state index in [2.05, 4.69) is 34.1 Å². The minimum Gasteiger partial charge on any atom is -0.357 e. The van der Waals surface area contributed by atoms with Gasteiger partial charge in [-0.2, -0.15) is 0 Å². The molecule has 0 radical (unpaired) electrons. The highest BCUT2D eigenvalue weighted by Crippen LogP contribution is 2.28. The molecule has 0 saturated heterocycles. The zero-order chi connectivity index (χ0) is 14.2. The van der Waals surface area contributed by atoms with Crippen LogP contribution >= 0.6 is 0 Å². The number of hydrogen-bond donors (Lipinski definition) is 1. The Labute approximate surface area is 123 Å². The standard InChI is InChI=1S/C18H17FN2/c19-14-5-3-4-13(10-14)11-21-9-8-16-15-6-1-2-7-17(15)20-18(16)12-21/h1-7,10,20H,8-9,11-12H2. The van der Waals surface area contributed by atoms with Crippen molar-refractivity contribution in [2.75, 3.05) is 6.54 Å². The molecule has 0 amide bonds. The predicted molar refractivity (Wildman–Crippen MR) is 82.5 cm³/mol. The SMILES string of the molecule is Fc1cccc(CN2CCc3c([nH]c4ccccc34)C2)c1. The number of fused-ring (bicyclic) bond motifs is 3.